The van der Waals surface area contributed by atoms with E-state index in [4.69, 9.17) is 9.47 Å². The lowest BCUT2D eigenvalue weighted by molar-refractivity contribution is -0.139. The van der Waals surface area contributed by atoms with Crippen LogP contribution >= 0.6 is 0 Å². The molecule has 4 heteroatoms. The molecule has 132 valence electrons. The van der Waals surface area contributed by atoms with Gasteiger partial charge in [-0.2, -0.15) is 0 Å². The molecule has 0 aromatic heterocycles. The van der Waals surface area contributed by atoms with Crippen LogP contribution in [0.4, 0.5) is 0 Å². The van der Waals surface area contributed by atoms with Crippen molar-refractivity contribution in [3.63, 3.8) is 0 Å². The van der Waals surface area contributed by atoms with Crippen LogP contribution < -0.4 is 0 Å². The molecule has 2 bridgehead atoms. The Morgan fingerprint density at radius 1 is 0.833 bits per heavy atom. The van der Waals surface area contributed by atoms with Gasteiger partial charge < -0.3 is 9.47 Å². The Morgan fingerprint density at radius 3 is 2.12 bits per heavy atom. The first-order chi connectivity index (χ1) is 11.6. The van der Waals surface area contributed by atoms with Crippen molar-refractivity contribution in [3.8, 4) is 0 Å². The molecule has 0 amide bonds. The van der Waals surface area contributed by atoms with Crippen LogP contribution in [0.2, 0.25) is 0 Å². The van der Waals surface area contributed by atoms with Gasteiger partial charge in [0.1, 0.15) is 0 Å². The Hall–Kier alpha value is -1.58. The van der Waals surface area contributed by atoms with Crippen LogP contribution in [0.1, 0.15) is 38.5 Å². The zero-order valence-electron chi connectivity index (χ0n) is 14.3. The Kier molecular flexibility index (Phi) is 5.42. The van der Waals surface area contributed by atoms with Crippen LogP contribution in [0, 0.1) is 35.5 Å². The molecule has 0 aromatic carbocycles. The molecule has 6 atom stereocenters. The van der Waals surface area contributed by atoms with E-state index in [-0.39, 0.29) is 11.9 Å². The van der Waals surface area contributed by atoms with Gasteiger partial charge in [-0.25, -0.2) is 9.59 Å². The average molecular weight is 332 g/mol. The summed E-state index contributed by atoms with van der Waals surface area (Å²) in [6, 6.07) is 0. The molecule has 0 aliphatic heterocycles. The summed E-state index contributed by atoms with van der Waals surface area (Å²) in [5, 5.41) is 0. The van der Waals surface area contributed by atoms with E-state index in [1.54, 1.807) is 0 Å². The monoisotopic (exact) mass is 332 g/mol. The number of fused-ring (bicyclic) bond motifs is 5. The molecule has 4 nitrogen and oxygen atoms in total. The molecular weight excluding hydrogens is 304 g/mol. The van der Waals surface area contributed by atoms with Crippen LogP contribution in [0.3, 0.4) is 0 Å². The lowest BCUT2D eigenvalue weighted by Crippen LogP contribution is -2.25. The smallest absolute Gasteiger partial charge is 0.330 e. The molecule has 3 aliphatic rings. The summed E-state index contributed by atoms with van der Waals surface area (Å²) in [7, 11) is 0. The Bertz CT molecular complexity index is 512. The highest BCUT2D eigenvalue weighted by Crippen LogP contribution is 2.63. The van der Waals surface area contributed by atoms with Gasteiger partial charge in [0, 0.05) is 12.2 Å². The SMILES string of the molecule is C=CC(=O)OCCC1CC2C3CC(CCOC(=O)C=C)C(C3)C2C1. The van der Waals surface area contributed by atoms with Crippen LogP contribution in [0.15, 0.2) is 25.3 Å². The fourth-order valence-electron chi connectivity index (χ4n) is 5.65. The summed E-state index contributed by atoms with van der Waals surface area (Å²) < 4.78 is 10.3. The Morgan fingerprint density at radius 2 is 1.46 bits per heavy atom. The molecule has 3 saturated carbocycles. The minimum atomic E-state index is -0.317. The van der Waals surface area contributed by atoms with Gasteiger partial charge in [0.25, 0.3) is 0 Å². The second-order valence-corrected chi connectivity index (χ2v) is 7.64. The summed E-state index contributed by atoms with van der Waals surface area (Å²) in [6.07, 6.45) is 9.68. The van der Waals surface area contributed by atoms with E-state index in [9.17, 15) is 9.59 Å². The molecule has 0 radical (unpaired) electrons. The molecule has 0 spiro atoms. The van der Waals surface area contributed by atoms with Crippen LogP contribution in [0.5, 0.6) is 0 Å². The van der Waals surface area contributed by atoms with Crippen molar-refractivity contribution >= 4 is 11.9 Å². The molecule has 3 fully saturated rings. The number of carbonyl (C=O) groups excluding carboxylic acids is 2. The van der Waals surface area contributed by atoms with Gasteiger partial charge in [0.2, 0.25) is 0 Å². The lowest BCUT2D eigenvalue weighted by Gasteiger charge is -2.31. The largest absolute Gasteiger partial charge is 0.463 e. The molecule has 0 heterocycles. The van der Waals surface area contributed by atoms with Crippen molar-refractivity contribution in [1.29, 1.82) is 0 Å². The van der Waals surface area contributed by atoms with Gasteiger partial charge in [-0.15, -0.1) is 0 Å². The molecular formula is C20H28O4. The molecule has 0 N–H and O–H groups in total. The first-order valence-corrected chi connectivity index (χ1v) is 9.20. The number of ether oxygens (including phenoxy) is 2. The second kappa shape index (κ2) is 7.54. The summed E-state index contributed by atoms with van der Waals surface area (Å²) in [6.45, 7) is 7.90. The standard InChI is InChI=1S/C20H28O4/c1-3-19(21)23-7-5-13-9-16-15-11-14(6-8-24-20(22)4-2)17(12-15)18(16)10-13/h3-4,13-18H,1-2,5-12H2. The maximum absolute atomic E-state index is 11.2. The van der Waals surface area contributed by atoms with E-state index in [0.29, 0.717) is 25.0 Å². The normalized spacial score (nSPS) is 36.2. The van der Waals surface area contributed by atoms with Crippen molar-refractivity contribution in [2.45, 2.75) is 38.5 Å². The number of esters is 2. The molecule has 0 saturated heterocycles. The summed E-state index contributed by atoms with van der Waals surface area (Å²) in [5.41, 5.74) is 0. The summed E-state index contributed by atoms with van der Waals surface area (Å²) in [4.78, 5) is 22.3. The van der Waals surface area contributed by atoms with Gasteiger partial charge >= 0.3 is 11.9 Å². The van der Waals surface area contributed by atoms with Crippen molar-refractivity contribution in [2.24, 2.45) is 35.5 Å². The quantitative estimate of drug-likeness (QED) is 0.504. The van der Waals surface area contributed by atoms with Crippen LogP contribution in [-0.4, -0.2) is 25.2 Å². The fraction of sp³-hybridized carbons (Fsp3) is 0.700. The highest BCUT2D eigenvalue weighted by molar-refractivity contribution is 5.81. The highest BCUT2D eigenvalue weighted by Gasteiger charge is 2.55. The predicted octanol–water partition coefficient (Wildman–Crippen LogP) is 3.52. The van der Waals surface area contributed by atoms with Gasteiger partial charge in [-0.05, 0) is 74.0 Å². The van der Waals surface area contributed by atoms with Gasteiger partial charge in [0.05, 0.1) is 13.2 Å². The maximum atomic E-state index is 11.2. The maximum Gasteiger partial charge on any atom is 0.330 e. The first kappa shape index (κ1) is 17.2. The predicted molar refractivity (Wildman–Crippen MR) is 91.0 cm³/mol. The van der Waals surface area contributed by atoms with Gasteiger partial charge in [-0.1, -0.05) is 13.2 Å². The van der Waals surface area contributed by atoms with Crippen molar-refractivity contribution in [2.75, 3.05) is 13.2 Å². The third-order valence-corrected chi connectivity index (χ3v) is 6.54. The molecule has 24 heavy (non-hydrogen) atoms. The summed E-state index contributed by atoms with van der Waals surface area (Å²) in [5.74, 6) is 4.16. The molecule has 6 unspecified atom stereocenters. The van der Waals surface area contributed by atoms with E-state index >= 15 is 0 Å². The topological polar surface area (TPSA) is 52.6 Å². The zero-order valence-corrected chi connectivity index (χ0v) is 14.3. The van der Waals surface area contributed by atoms with Crippen molar-refractivity contribution in [1.82, 2.24) is 0 Å². The van der Waals surface area contributed by atoms with E-state index in [0.717, 1.165) is 36.5 Å². The van der Waals surface area contributed by atoms with Crippen LogP contribution in [-0.2, 0) is 19.1 Å². The molecule has 0 aromatic rings. The molecule has 3 aliphatic carbocycles. The average Bonchev–Trinajstić information content (AvgIpc) is 3.25. The van der Waals surface area contributed by atoms with E-state index < -0.39 is 0 Å². The van der Waals surface area contributed by atoms with E-state index in [1.165, 1.54) is 37.8 Å². The molecule has 3 rings (SSSR count). The minimum Gasteiger partial charge on any atom is -0.463 e. The number of rotatable bonds is 8. The van der Waals surface area contributed by atoms with Crippen LogP contribution in [0.25, 0.3) is 0 Å². The number of hydrogen-bond donors (Lipinski definition) is 0. The second-order valence-electron chi connectivity index (χ2n) is 7.64. The highest BCUT2D eigenvalue weighted by atomic mass is 16.5. The van der Waals surface area contributed by atoms with E-state index in [2.05, 4.69) is 13.2 Å². The number of carbonyl (C=O) groups is 2. The van der Waals surface area contributed by atoms with E-state index in [1.807, 2.05) is 0 Å². The zero-order chi connectivity index (χ0) is 17.1. The lowest BCUT2D eigenvalue weighted by atomic mass is 9.75. The number of hydrogen-bond acceptors (Lipinski definition) is 4. The Balaban J connectivity index is 1.43. The third-order valence-electron chi connectivity index (χ3n) is 6.54. The van der Waals surface area contributed by atoms with Crippen molar-refractivity contribution in [3.05, 3.63) is 25.3 Å². The fourth-order valence-corrected chi connectivity index (χ4v) is 5.65. The van der Waals surface area contributed by atoms with Gasteiger partial charge in [0.15, 0.2) is 0 Å². The third kappa shape index (κ3) is 3.57. The summed E-state index contributed by atoms with van der Waals surface area (Å²) >= 11 is 0. The minimum absolute atomic E-state index is 0.314. The first-order valence-electron chi connectivity index (χ1n) is 9.20. The Labute approximate surface area is 144 Å². The van der Waals surface area contributed by atoms with Gasteiger partial charge in [-0.3, -0.25) is 0 Å². The van der Waals surface area contributed by atoms with Crippen molar-refractivity contribution < 1.29 is 19.1 Å².